The maximum Gasteiger partial charge on any atom is 0.145 e. The molecule has 0 amide bonds. The van der Waals surface area contributed by atoms with Gasteiger partial charge in [-0.3, -0.25) is 4.79 Å². The van der Waals surface area contributed by atoms with Crippen molar-refractivity contribution in [1.29, 1.82) is 0 Å². The van der Waals surface area contributed by atoms with Crippen LogP contribution in [0.1, 0.15) is 106 Å². The third kappa shape index (κ3) is 3.46. The Morgan fingerprint density at radius 1 is 1.09 bits per heavy atom. The van der Waals surface area contributed by atoms with Crippen LogP contribution in [-0.2, 0) is 4.79 Å². The topological polar surface area (TPSA) is 57.5 Å². The first-order chi connectivity index (χ1) is 15.3. The first-order valence-corrected chi connectivity index (χ1v) is 13.5. The summed E-state index contributed by atoms with van der Waals surface area (Å²) in [6.45, 7) is 16.3. The molecule has 0 unspecified atom stereocenters. The van der Waals surface area contributed by atoms with E-state index in [1.54, 1.807) is 5.57 Å². The van der Waals surface area contributed by atoms with Gasteiger partial charge < -0.3 is 10.2 Å². The van der Waals surface area contributed by atoms with Gasteiger partial charge in [-0.05, 0) is 99.2 Å². The Hall–Kier alpha value is -0.930. The van der Waals surface area contributed by atoms with Crippen LogP contribution in [0.3, 0.4) is 0 Å². The molecule has 33 heavy (non-hydrogen) atoms. The van der Waals surface area contributed by atoms with E-state index < -0.39 is 11.5 Å². The number of carbonyl (C=O) groups is 1. The number of hydrogen-bond donors (Lipinski definition) is 2. The van der Waals surface area contributed by atoms with E-state index in [-0.39, 0.29) is 34.6 Å². The Kier molecular flexibility index (Phi) is 6.35. The summed E-state index contributed by atoms with van der Waals surface area (Å²) < 4.78 is 0. The molecule has 4 aliphatic carbocycles. The molecule has 0 aliphatic heterocycles. The standard InChI is InChI=1S/C30H48O3/c1-19(18-31)9-8-10-20(2)21-13-15-29(6)22-11-12-24-27(3,4)25(32)17-26(33)30(24,7)23(22)14-16-28(21,29)5/h9,20-21,24-25,31-32H,8,10-18H2,1-7H3/b19-9-/t20-,21-,24+,25+,28-,29+,30-/m1/s1. The Morgan fingerprint density at radius 3 is 2.45 bits per heavy atom. The predicted molar refractivity (Wildman–Crippen MR) is 135 cm³/mol. The van der Waals surface area contributed by atoms with Crippen LogP contribution in [0.25, 0.3) is 0 Å². The molecule has 0 spiro atoms. The molecular weight excluding hydrogens is 408 g/mol. The van der Waals surface area contributed by atoms with Crippen molar-refractivity contribution in [2.45, 2.75) is 112 Å². The first-order valence-electron chi connectivity index (χ1n) is 13.5. The molecule has 186 valence electrons. The molecule has 0 heterocycles. The van der Waals surface area contributed by atoms with E-state index >= 15 is 0 Å². The van der Waals surface area contributed by atoms with Crippen LogP contribution in [0.5, 0.6) is 0 Å². The van der Waals surface area contributed by atoms with Crippen LogP contribution < -0.4 is 0 Å². The molecule has 3 heteroatoms. The van der Waals surface area contributed by atoms with Crippen molar-refractivity contribution in [1.82, 2.24) is 0 Å². The van der Waals surface area contributed by atoms with Crippen molar-refractivity contribution in [3.8, 4) is 0 Å². The van der Waals surface area contributed by atoms with Gasteiger partial charge in [0, 0.05) is 6.42 Å². The van der Waals surface area contributed by atoms with Crippen molar-refractivity contribution in [3.63, 3.8) is 0 Å². The van der Waals surface area contributed by atoms with E-state index in [9.17, 15) is 15.0 Å². The van der Waals surface area contributed by atoms with E-state index in [0.717, 1.165) is 31.3 Å². The summed E-state index contributed by atoms with van der Waals surface area (Å²) in [4.78, 5) is 13.5. The molecular formula is C30H48O3. The lowest BCUT2D eigenvalue weighted by Gasteiger charge is -2.61. The lowest BCUT2D eigenvalue weighted by molar-refractivity contribution is -0.152. The zero-order chi connectivity index (χ0) is 24.4. The highest BCUT2D eigenvalue weighted by atomic mass is 16.3. The van der Waals surface area contributed by atoms with Crippen LogP contribution in [0.4, 0.5) is 0 Å². The van der Waals surface area contributed by atoms with Crippen LogP contribution in [0.2, 0.25) is 0 Å². The van der Waals surface area contributed by atoms with E-state index in [1.165, 1.54) is 31.3 Å². The number of rotatable bonds is 5. The number of hydrogen-bond acceptors (Lipinski definition) is 3. The average Bonchev–Trinajstić information content (AvgIpc) is 3.04. The molecule has 4 aliphatic rings. The van der Waals surface area contributed by atoms with Crippen molar-refractivity contribution in [2.75, 3.05) is 6.61 Å². The molecule has 0 aromatic carbocycles. The number of ketones is 1. The van der Waals surface area contributed by atoms with Gasteiger partial charge in [-0.15, -0.1) is 0 Å². The second kappa shape index (κ2) is 8.33. The number of Topliss-reactive ketones (excluding diaryl/α,β-unsaturated/α-hetero) is 1. The summed E-state index contributed by atoms with van der Waals surface area (Å²) in [5.74, 6) is 1.91. The van der Waals surface area contributed by atoms with Crippen molar-refractivity contribution < 1.29 is 15.0 Å². The van der Waals surface area contributed by atoms with E-state index in [1.807, 2.05) is 6.92 Å². The number of fused-ring (bicyclic) bond motifs is 4. The van der Waals surface area contributed by atoms with Gasteiger partial charge >= 0.3 is 0 Å². The summed E-state index contributed by atoms with van der Waals surface area (Å²) in [5, 5.41) is 20.1. The monoisotopic (exact) mass is 456 g/mol. The zero-order valence-corrected chi connectivity index (χ0v) is 22.3. The van der Waals surface area contributed by atoms with Crippen LogP contribution in [0.15, 0.2) is 22.8 Å². The van der Waals surface area contributed by atoms with E-state index in [0.29, 0.717) is 18.3 Å². The second-order valence-corrected chi connectivity index (χ2v) is 13.4. The summed E-state index contributed by atoms with van der Waals surface area (Å²) >= 11 is 0. The molecule has 7 atom stereocenters. The Labute approximate surface area is 202 Å². The normalized spacial score (nSPS) is 43.7. The highest BCUT2D eigenvalue weighted by molar-refractivity contribution is 5.90. The second-order valence-electron chi connectivity index (χ2n) is 13.4. The van der Waals surface area contributed by atoms with Gasteiger partial charge in [-0.25, -0.2) is 0 Å². The van der Waals surface area contributed by atoms with Gasteiger partial charge in [0.1, 0.15) is 5.78 Å². The minimum atomic E-state index is -0.519. The Bertz CT molecular complexity index is 866. The van der Waals surface area contributed by atoms with Gasteiger partial charge in [0.15, 0.2) is 0 Å². The van der Waals surface area contributed by atoms with E-state index in [2.05, 4.69) is 47.6 Å². The minimum Gasteiger partial charge on any atom is -0.392 e. The summed E-state index contributed by atoms with van der Waals surface area (Å²) in [6, 6.07) is 0. The third-order valence-corrected chi connectivity index (χ3v) is 11.7. The lowest BCUT2D eigenvalue weighted by Crippen LogP contribution is -2.59. The highest BCUT2D eigenvalue weighted by Gasteiger charge is 2.65. The van der Waals surface area contributed by atoms with Crippen molar-refractivity contribution in [2.24, 2.45) is 39.4 Å². The summed E-state index contributed by atoms with van der Waals surface area (Å²) in [5.41, 5.74) is 4.04. The van der Waals surface area contributed by atoms with Crippen LogP contribution in [-0.4, -0.2) is 28.7 Å². The van der Waals surface area contributed by atoms with Gasteiger partial charge in [0.05, 0.1) is 18.1 Å². The zero-order valence-electron chi connectivity index (χ0n) is 22.3. The molecule has 2 fully saturated rings. The third-order valence-electron chi connectivity index (χ3n) is 11.7. The van der Waals surface area contributed by atoms with Crippen molar-refractivity contribution in [3.05, 3.63) is 22.8 Å². The quantitative estimate of drug-likeness (QED) is 0.456. The fourth-order valence-electron chi connectivity index (χ4n) is 9.20. The van der Waals surface area contributed by atoms with Crippen molar-refractivity contribution >= 4 is 5.78 Å². The predicted octanol–water partition coefficient (Wildman–Crippen LogP) is 6.63. The SMILES string of the molecule is C/C(=C/CC[C@@H](C)[C@H]1CC[C@@]2(C)C3=C(CC[C@]12C)[C@@]1(C)C(=O)C[C@H](O)C(C)(C)[C@@H]1CC3)CO. The summed E-state index contributed by atoms with van der Waals surface area (Å²) in [7, 11) is 0. The average molecular weight is 457 g/mol. The molecule has 4 rings (SSSR count). The smallest absolute Gasteiger partial charge is 0.145 e. The number of aliphatic hydroxyl groups excluding tert-OH is 2. The van der Waals surface area contributed by atoms with Crippen LogP contribution >= 0.6 is 0 Å². The van der Waals surface area contributed by atoms with Gasteiger partial charge in [-0.2, -0.15) is 0 Å². The maximum atomic E-state index is 13.5. The molecule has 0 aromatic rings. The molecule has 0 bridgehead atoms. The number of aliphatic hydroxyl groups is 2. The molecule has 2 saturated carbocycles. The number of carbonyl (C=O) groups excluding carboxylic acids is 1. The fourth-order valence-corrected chi connectivity index (χ4v) is 9.20. The molecule has 0 saturated heterocycles. The maximum absolute atomic E-state index is 13.5. The first kappa shape index (κ1) is 25.2. The fraction of sp³-hybridized carbons (Fsp3) is 0.833. The minimum absolute atomic E-state index is 0.164. The Morgan fingerprint density at radius 2 is 1.79 bits per heavy atom. The molecule has 0 radical (unpaired) electrons. The summed E-state index contributed by atoms with van der Waals surface area (Å²) in [6.07, 6.45) is 11.1. The van der Waals surface area contributed by atoms with Gasteiger partial charge in [0.25, 0.3) is 0 Å². The highest BCUT2D eigenvalue weighted by Crippen LogP contribution is 2.72. The lowest BCUT2D eigenvalue weighted by atomic mass is 9.43. The Balaban J connectivity index is 1.66. The van der Waals surface area contributed by atoms with Crippen LogP contribution in [0, 0.1) is 39.4 Å². The number of allylic oxidation sites excluding steroid dienone is 3. The largest absolute Gasteiger partial charge is 0.392 e. The molecule has 2 N–H and O–H groups in total. The van der Waals surface area contributed by atoms with Gasteiger partial charge in [-0.1, -0.05) is 57.4 Å². The molecule has 3 nitrogen and oxygen atoms in total. The molecule has 0 aromatic heterocycles. The van der Waals surface area contributed by atoms with Gasteiger partial charge in [0.2, 0.25) is 0 Å². The van der Waals surface area contributed by atoms with E-state index in [4.69, 9.17) is 0 Å².